The highest BCUT2D eigenvalue weighted by molar-refractivity contribution is 6.73. The third kappa shape index (κ3) is 5.41. The molecule has 0 saturated heterocycles. The van der Waals surface area contributed by atoms with Crippen LogP contribution in [0.4, 0.5) is 17.1 Å². The summed E-state index contributed by atoms with van der Waals surface area (Å²) in [6.07, 6.45) is 0.808. The molecule has 0 unspecified atom stereocenters. The first-order valence-corrected chi connectivity index (χ1v) is 19.0. The predicted molar refractivity (Wildman–Crippen MR) is 229 cm³/mol. The number of hydrogen-bond donors (Lipinski definition) is 0. The molecule has 0 saturated carbocycles. The Hall–Kier alpha value is -6.38. The maximum Gasteiger partial charge on any atom is 0.197 e. The van der Waals surface area contributed by atoms with Gasteiger partial charge in [-0.3, -0.25) is 0 Å². The van der Waals surface area contributed by atoms with Gasteiger partial charge in [0.1, 0.15) is 0 Å². The van der Waals surface area contributed by atoms with Crippen molar-refractivity contribution in [2.45, 2.75) is 25.7 Å². The third-order valence-corrected chi connectivity index (χ3v) is 11.5. The SMILES string of the molecule is CC1(C)c2ccccc2N2c3cc(-c4ccccc4)cc(-c4ccccc4Cc4cc(-c5ccccc5)cc(-c5ccccc5)c4)c3[B]c3cccc1c32. The molecule has 8 aromatic carbocycles. The minimum atomic E-state index is -0.122. The number of hydrogen-bond acceptors (Lipinski definition) is 1. The van der Waals surface area contributed by atoms with Crippen LogP contribution in [0.5, 0.6) is 0 Å². The minimum absolute atomic E-state index is 0.122. The normalized spacial score (nSPS) is 13.3. The van der Waals surface area contributed by atoms with Gasteiger partial charge in [0, 0.05) is 16.8 Å². The summed E-state index contributed by atoms with van der Waals surface area (Å²) in [7, 11) is 2.44. The van der Waals surface area contributed by atoms with E-state index in [4.69, 9.17) is 0 Å². The van der Waals surface area contributed by atoms with Crippen molar-refractivity contribution in [3.63, 3.8) is 0 Å². The average molecular weight is 689 g/mol. The highest BCUT2D eigenvalue weighted by Gasteiger charge is 2.41. The van der Waals surface area contributed by atoms with E-state index >= 15 is 0 Å². The van der Waals surface area contributed by atoms with Gasteiger partial charge in [-0.2, -0.15) is 0 Å². The summed E-state index contributed by atoms with van der Waals surface area (Å²) < 4.78 is 0. The first-order chi connectivity index (χ1) is 26.5. The largest absolute Gasteiger partial charge is 0.311 e. The summed E-state index contributed by atoms with van der Waals surface area (Å²) in [6, 6.07) is 69.2. The molecule has 2 aliphatic rings. The van der Waals surface area contributed by atoms with Crippen molar-refractivity contribution in [2.24, 2.45) is 0 Å². The fraction of sp³-hybridized carbons (Fsp3) is 0.0769. The van der Waals surface area contributed by atoms with Crippen molar-refractivity contribution in [1.29, 1.82) is 0 Å². The van der Waals surface area contributed by atoms with Gasteiger partial charge in [-0.15, -0.1) is 0 Å². The maximum absolute atomic E-state index is 2.55. The van der Waals surface area contributed by atoms with Gasteiger partial charge in [-0.05, 0) is 97.4 Å². The molecule has 54 heavy (non-hydrogen) atoms. The zero-order chi connectivity index (χ0) is 36.2. The molecule has 0 fully saturated rings. The zero-order valence-corrected chi connectivity index (χ0v) is 30.6. The van der Waals surface area contributed by atoms with Crippen LogP contribution in [0.15, 0.2) is 188 Å². The van der Waals surface area contributed by atoms with E-state index in [-0.39, 0.29) is 5.41 Å². The number of rotatable bonds is 6. The molecule has 2 heteroatoms. The molecule has 0 amide bonds. The number of fused-ring (bicyclic) bond motifs is 4. The van der Waals surface area contributed by atoms with Gasteiger partial charge in [0.25, 0.3) is 0 Å². The van der Waals surface area contributed by atoms with E-state index in [9.17, 15) is 0 Å². The van der Waals surface area contributed by atoms with Crippen LogP contribution >= 0.6 is 0 Å². The molecule has 8 aromatic rings. The Morgan fingerprint density at radius 2 is 1.00 bits per heavy atom. The topological polar surface area (TPSA) is 3.24 Å². The molecule has 0 bridgehead atoms. The molecule has 0 aliphatic carbocycles. The van der Waals surface area contributed by atoms with Crippen LogP contribution in [-0.4, -0.2) is 7.28 Å². The standard InChI is InChI=1S/C52H39BN/c1-52(2)45-25-14-15-28-48(45)54-49-34-42(38-21-10-5-11-22-38)33-44(50(49)53-47-27-16-26-46(52)51(47)54)43-24-13-12-23-39(43)29-35-30-40(36-17-6-3-7-18-36)32-41(31-35)37-19-8-4-9-20-37/h3-28,30-34H,29H2,1-2H3. The van der Waals surface area contributed by atoms with Crippen LogP contribution < -0.4 is 15.8 Å². The van der Waals surface area contributed by atoms with Crippen LogP contribution in [0.1, 0.15) is 36.1 Å². The Morgan fingerprint density at radius 1 is 0.444 bits per heavy atom. The Morgan fingerprint density at radius 3 is 1.67 bits per heavy atom. The Kier molecular flexibility index (Phi) is 7.73. The second-order valence-electron chi connectivity index (χ2n) is 15.2. The van der Waals surface area contributed by atoms with Gasteiger partial charge in [0.15, 0.2) is 7.28 Å². The van der Waals surface area contributed by atoms with Gasteiger partial charge >= 0.3 is 0 Å². The van der Waals surface area contributed by atoms with E-state index in [2.05, 4.69) is 214 Å². The van der Waals surface area contributed by atoms with Crippen LogP contribution in [0, 0.1) is 0 Å². The van der Waals surface area contributed by atoms with E-state index in [1.54, 1.807) is 0 Å². The zero-order valence-electron chi connectivity index (χ0n) is 30.6. The van der Waals surface area contributed by atoms with E-state index in [0.29, 0.717) is 0 Å². The smallest absolute Gasteiger partial charge is 0.197 e. The second-order valence-corrected chi connectivity index (χ2v) is 15.2. The lowest BCUT2D eigenvalue weighted by atomic mass is 9.55. The molecular formula is C52H39BN. The van der Waals surface area contributed by atoms with Crippen molar-refractivity contribution in [3.05, 3.63) is 210 Å². The number of benzene rings is 8. The van der Waals surface area contributed by atoms with Gasteiger partial charge in [0.2, 0.25) is 0 Å². The summed E-state index contributed by atoms with van der Waals surface area (Å²) in [5.41, 5.74) is 21.4. The lowest BCUT2D eigenvalue weighted by molar-refractivity contribution is 0.632. The molecule has 0 aromatic heterocycles. The van der Waals surface area contributed by atoms with Crippen molar-refractivity contribution in [3.8, 4) is 44.5 Å². The van der Waals surface area contributed by atoms with Crippen LogP contribution in [0.25, 0.3) is 44.5 Å². The third-order valence-electron chi connectivity index (χ3n) is 11.5. The summed E-state index contributed by atoms with van der Waals surface area (Å²) in [4.78, 5) is 2.55. The summed E-state index contributed by atoms with van der Waals surface area (Å²) in [5.74, 6) is 0. The summed E-state index contributed by atoms with van der Waals surface area (Å²) in [6.45, 7) is 4.73. The quantitative estimate of drug-likeness (QED) is 0.157. The van der Waals surface area contributed by atoms with Crippen LogP contribution in [-0.2, 0) is 11.8 Å². The van der Waals surface area contributed by atoms with E-state index in [0.717, 1.165) is 6.42 Å². The van der Waals surface area contributed by atoms with Gasteiger partial charge in [-0.25, -0.2) is 0 Å². The average Bonchev–Trinajstić information content (AvgIpc) is 3.23. The first-order valence-electron chi connectivity index (χ1n) is 19.0. The molecule has 1 nitrogen and oxygen atoms in total. The van der Waals surface area contributed by atoms with E-state index < -0.39 is 0 Å². The van der Waals surface area contributed by atoms with Crippen molar-refractivity contribution < 1.29 is 0 Å². The molecule has 2 heterocycles. The Bertz CT molecular complexity index is 2620. The second kappa shape index (κ2) is 12.9. The number of para-hydroxylation sites is 2. The minimum Gasteiger partial charge on any atom is -0.311 e. The monoisotopic (exact) mass is 688 g/mol. The van der Waals surface area contributed by atoms with Crippen molar-refractivity contribution in [2.75, 3.05) is 4.90 Å². The van der Waals surface area contributed by atoms with Crippen LogP contribution in [0.2, 0.25) is 0 Å². The first kappa shape index (κ1) is 32.3. The molecule has 2 aliphatic heterocycles. The fourth-order valence-electron chi connectivity index (χ4n) is 8.84. The number of anilines is 3. The maximum atomic E-state index is 2.55. The van der Waals surface area contributed by atoms with Gasteiger partial charge in [0.05, 0.1) is 5.69 Å². The van der Waals surface area contributed by atoms with Crippen molar-refractivity contribution in [1.82, 2.24) is 0 Å². The molecule has 0 atom stereocenters. The van der Waals surface area contributed by atoms with Crippen molar-refractivity contribution >= 4 is 35.3 Å². The fourth-order valence-corrected chi connectivity index (χ4v) is 8.84. The molecule has 255 valence electrons. The molecule has 0 N–H and O–H groups in total. The molecule has 0 spiro atoms. The highest BCUT2D eigenvalue weighted by atomic mass is 15.2. The van der Waals surface area contributed by atoms with E-state index in [1.807, 2.05) is 0 Å². The Balaban J connectivity index is 1.18. The van der Waals surface area contributed by atoms with Crippen LogP contribution in [0.3, 0.4) is 0 Å². The summed E-state index contributed by atoms with van der Waals surface area (Å²) >= 11 is 0. The lowest BCUT2D eigenvalue weighted by Crippen LogP contribution is -2.45. The predicted octanol–water partition coefficient (Wildman–Crippen LogP) is 12.0. The van der Waals surface area contributed by atoms with Gasteiger partial charge in [-0.1, -0.05) is 189 Å². The molecule has 10 rings (SSSR count). The van der Waals surface area contributed by atoms with E-state index in [1.165, 1.54) is 94.7 Å². The number of nitrogens with zero attached hydrogens (tertiary/aromatic N) is 1. The van der Waals surface area contributed by atoms with Gasteiger partial charge < -0.3 is 4.90 Å². The Labute approximate surface area is 319 Å². The molecular weight excluding hydrogens is 649 g/mol. The summed E-state index contributed by atoms with van der Waals surface area (Å²) in [5, 5.41) is 0. The lowest BCUT2D eigenvalue weighted by Gasteiger charge is -2.46. The molecule has 1 radical (unpaired) electrons. The highest BCUT2D eigenvalue weighted by Crippen LogP contribution is 2.52.